The first-order valence-corrected chi connectivity index (χ1v) is 9.66. The van der Waals surface area contributed by atoms with Gasteiger partial charge in [-0.1, -0.05) is 52.1 Å². The van der Waals surface area contributed by atoms with Crippen LogP contribution in [0.4, 0.5) is 0 Å². The molecule has 1 saturated heterocycles. The summed E-state index contributed by atoms with van der Waals surface area (Å²) in [4.78, 5) is 23.3. The number of aldehydes is 1. The predicted molar refractivity (Wildman–Crippen MR) is 108 cm³/mol. The van der Waals surface area contributed by atoms with Crippen LogP contribution >= 0.6 is 55.8 Å². The maximum absolute atomic E-state index is 11.8. The monoisotopic (exact) mass is 489 g/mol. The molecule has 24 heavy (non-hydrogen) atoms. The first-order valence-electron chi connectivity index (χ1n) is 6.85. The van der Waals surface area contributed by atoms with Crippen molar-refractivity contribution in [3.8, 4) is 5.75 Å². The Morgan fingerprint density at radius 2 is 2.12 bits per heavy atom. The molecule has 0 saturated carbocycles. The molecule has 4 nitrogen and oxygen atoms in total. The fraction of sp³-hybridized carbons (Fsp3) is 0.188. The molecule has 1 aliphatic rings. The van der Waals surface area contributed by atoms with Gasteiger partial charge in [-0.3, -0.25) is 9.59 Å². The molecule has 1 atom stereocenters. The first-order chi connectivity index (χ1) is 11.3. The summed E-state index contributed by atoms with van der Waals surface area (Å²) in [6.07, 6.45) is 3.82. The number of carbonyl (C=O) groups is 2. The van der Waals surface area contributed by atoms with Crippen molar-refractivity contribution in [1.82, 2.24) is 5.32 Å². The smallest absolute Gasteiger partial charge is 0.263 e. The van der Waals surface area contributed by atoms with E-state index >= 15 is 0 Å². The first kappa shape index (κ1) is 19.4. The number of thiocarbonyl (C=S) groups is 1. The number of hydrogen-bond acceptors (Lipinski definition) is 5. The number of benzene rings is 1. The molecule has 1 aliphatic heterocycles. The molecule has 1 aromatic rings. The van der Waals surface area contributed by atoms with E-state index in [1.165, 1.54) is 11.8 Å². The third kappa shape index (κ3) is 4.78. The van der Waals surface area contributed by atoms with E-state index in [1.807, 2.05) is 31.2 Å². The minimum Gasteiger partial charge on any atom is -0.481 e. The van der Waals surface area contributed by atoms with Crippen LogP contribution in [-0.2, 0) is 9.59 Å². The molecule has 0 spiro atoms. The molecule has 0 aliphatic carbocycles. The number of hydrogen-bond donors (Lipinski definition) is 1. The molecule has 1 heterocycles. The summed E-state index contributed by atoms with van der Waals surface area (Å²) in [7, 11) is 0. The lowest BCUT2D eigenvalue weighted by Crippen LogP contribution is -2.18. The Hall–Kier alpha value is -0.960. The topological polar surface area (TPSA) is 55.4 Å². The van der Waals surface area contributed by atoms with Crippen LogP contribution in [0, 0.1) is 0 Å². The Morgan fingerprint density at radius 3 is 2.71 bits per heavy atom. The summed E-state index contributed by atoms with van der Waals surface area (Å²) in [5, 5.41) is 2.59. The molecule has 1 amide bonds. The molecule has 0 aromatic heterocycles. The Bertz CT molecular complexity index is 775. The lowest BCUT2D eigenvalue weighted by atomic mass is 10.1. The lowest BCUT2D eigenvalue weighted by molar-refractivity contribution is -0.115. The van der Waals surface area contributed by atoms with Gasteiger partial charge in [0.25, 0.3) is 5.91 Å². The van der Waals surface area contributed by atoms with E-state index in [0.717, 1.165) is 26.4 Å². The van der Waals surface area contributed by atoms with Crippen molar-refractivity contribution in [2.45, 2.75) is 20.0 Å². The highest BCUT2D eigenvalue weighted by molar-refractivity contribution is 9.11. The summed E-state index contributed by atoms with van der Waals surface area (Å²) < 4.78 is 7.71. The Kier molecular flexibility index (Phi) is 6.79. The average molecular weight is 491 g/mol. The number of allylic oxidation sites excluding steroid dienone is 2. The van der Waals surface area contributed by atoms with Crippen LogP contribution in [0.3, 0.4) is 0 Å². The van der Waals surface area contributed by atoms with Crippen molar-refractivity contribution in [1.29, 1.82) is 0 Å². The van der Waals surface area contributed by atoms with Crippen LogP contribution in [0.2, 0.25) is 0 Å². The van der Waals surface area contributed by atoms with Crippen LogP contribution in [0.25, 0.3) is 6.08 Å². The van der Waals surface area contributed by atoms with Gasteiger partial charge in [-0.05, 0) is 47.5 Å². The normalized spacial score (nSPS) is 17.8. The van der Waals surface area contributed by atoms with Crippen molar-refractivity contribution in [2.75, 3.05) is 0 Å². The third-order valence-electron chi connectivity index (χ3n) is 3.02. The second kappa shape index (κ2) is 8.42. The predicted octanol–water partition coefficient (Wildman–Crippen LogP) is 4.61. The van der Waals surface area contributed by atoms with Gasteiger partial charge in [-0.25, -0.2) is 0 Å². The fourth-order valence-electron chi connectivity index (χ4n) is 1.91. The number of amides is 1. The number of thioether (sulfide) groups is 1. The number of carbonyl (C=O) groups excluding carboxylic acids is 2. The van der Waals surface area contributed by atoms with Crippen molar-refractivity contribution < 1.29 is 14.3 Å². The van der Waals surface area contributed by atoms with Crippen LogP contribution in [0.5, 0.6) is 5.75 Å². The van der Waals surface area contributed by atoms with Gasteiger partial charge < -0.3 is 10.1 Å². The lowest BCUT2D eigenvalue weighted by Gasteiger charge is -2.14. The molecule has 1 unspecified atom stereocenters. The molecule has 0 bridgehead atoms. The summed E-state index contributed by atoms with van der Waals surface area (Å²) in [5.74, 6) is 0.375. The van der Waals surface area contributed by atoms with E-state index in [-0.39, 0.29) is 5.91 Å². The molecule has 1 fully saturated rings. The highest BCUT2D eigenvalue weighted by atomic mass is 79.9. The zero-order valence-electron chi connectivity index (χ0n) is 12.8. The van der Waals surface area contributed by atoms with Gasteiger partial charge in [0, 0.05) is 10.0 Å². The van der Waals surface area contributed by atoms with Crippen molar-refractivity contribution in [3.05, 3.63) is 43.2 Å². The van der Waals surface area contributed by atoms with E-state index in [1.54, 1.807) is 6.92 Å². The molecular formula is C16H13Br2NO3S2. The van der Waals surface area contributed by atoms with E-state index in [0.29, 0.717) is 15.0 Å². The van der Waals surface area contributed by atoms with Crippen LogP contribution in [0.1, 0.15) is 19.4 Å². The van der Waals surface area contributed by atoms with E-state index < -0.39 is 6.10 Å². The highest BCUT2D eigenvalue weighted by Crippen LogP contribution is 2.35. The number of ether oxygens (including phenoxy) is 1. The minimum absolute atomic E-state index is 0.186. The van der Waals surface area contributed by atoms with E-state index in [2.05, 4.69) is 37.2 Å². The summed E-state index contributed by atoms with van der Waals surface area (Å²) >= 11 is 13.1. The molecule has 2 rings (SSSR count). The quantitative estimate of drug-likeness (QED) is 0.371. The SMILES string of the molecule is CC(C=Cc1cc(Br)cc(Br)c1OC(C)C=O)=C1SC(=S)NC1=O. The summed E-state index contributed by atoms with van der Waals surface area (Å²) in [6, 6.07) is 3.72. The van der Waals surface area contributed by atoms with Gasteiger partial charge in [-0.15, -0.1) is 0 Å². The van der Waals surface area contributed by atoms with Gasteiger partial charge >= 0.3 is 0 Å². The van der Waals surface area contributed by atoms with Crippen LogP contribution in [-0.4, -0.2) is 22.6 Å². The van der Waals surface area contributed by atoms with Gasteiger partial charge in [0.15, 0.2) is 12.4 Å². The number of halogens is 2. The largest absolute Gasteiger partial charge is 0.481 e. The molecule has 1 N–H and O–H groups in total. The fourth-order valence-corrected chi connectivity index (χ4v) is 4.30. The van der Waals surface area contributed by atoms with Crippen LogP contribution in [0.15, 0.2) is 37.6 Å². The Balaban J connectivity index is 2.38. The van der Waals surface area contributed by atoms with Gasteiger partial charge in [0.05, 0.1) is 9.38 Å². The highest BCUT2D eigenvalue weighted by Gasteiger charge is 2.23. The van der Waals surface area contributed by atoms with Gasteiger partial charge in [0.1, 0.15) is 10.1 Å². The summed E-state index contributed by atoms with van der Waals surface area (Å²) in [6.45, 7) is 3.51. The maximum Gasteiger partial charge on any atom is 0.263 e. The molecule has 0 radical (unpaired) electrons. The Labute approximate surface area is 166 Å². The van der Waals surface area contributed by atoms with E-state index in [4.69, 9.17) is 17.0 Å². The van der Waals surface area contributed by atoms with Gasteiger partial charge in [0.2, 0.25) is 0 Å². The van der Waals surface area contributed by atoms with Crippen molar-refractivity contribution in [3.63, 3.8) is 0 Å². The standard InChI is InChI=1S/C16H13Br2NO3S2/c1-8(14-15(21)19-16(23)24-14)3-4-10-5-11(17)6-12(18)13(10)22-9(2)7-20/h3-7,9H,1-2H3,(H,19,21,23). The molecule has 126 valence electrons. The molecular weight excluding hydrogens is 478 g/mol. The molecule has 8 heteroatoms. The van der Waals surface area contributed by atoms with Gasteiger partial charge in [-0.2, -0.15) is 0 Å². The van der Waals surface area contributed by atoms with Crippen molar-refractivity contribution in [2.24, 2.45) is 0 Å². The number of rotatable bonds is 5. The maximum atomic E-state index is 11.8. The second-order valence-electron chi connectivity index (χ2n) is 4.95. The third-order valence-corrected chi connectivity index (χ3v) is 5.42. The number of nitrogens with one attached hydrogen (secondary N) is 1. The Morgan fingerprint density at radius 1 is 1.42 bits per heavy atom. The zero-order chi connectivity index (χ0) is 17.9. The average Bonchev–Trinajstić information content (AvgIpc) is 2.86. The van der Waals surface area contributed by atoms with Crippen molar-refractivity contribution >= 4 is 78.4 Å². The molecule has 1 aromatic carbocycles. The summed E-state index contributed by atoms with van der Waals surface area (Å²) in [5.41, 5.74) is 1.57. The zero-order valence-corrected chi connectivity index (χ0v) is 17.6. The second-order valence-corrected chi connectivity index (χ2v) is 8.41. The van der Waals surface area contributed by atoms with E-state index in [9.17, 15) is 9.59 Å². The minimum atomic E-state index is -0.567. The van der Waals surface area contributed by atoms with Crippen LogP contribution < -0.4 is 10.1 Å².